The molecule has 0 radical (unpaired) electrons. The van der Waals surface area contributed by atoms with E-state index in [1.807, 2.05) is 28.8 Å². The molecular weight excluding hydrogens is 376 g/mol. The molecule has 0 atom stereocenters. The minimum atomic E-state index is 0.375. The van der Waals surface area contributed by atoms with Crippen molar-refractivity contribution in [1.82, 2.24) is 25.2 Å². The van der Waals surface area contributed by atoms with Crippen LogP contribution in [0.3, 0.4) is 0 Å². The first kappa shape index (κ1) is 20.2. The molecular formula is C23H30N6O. The van der Waals surface area contributed by atoms with Gasteiger partial charge >= 0.3 is 0 Å². The zero-order chi connectivity index (χ0) is 20.6. The van der Waals surface area contributed by atoms with Gasteiger partial charge in [-0.2, -0.15) is 0 Å². The van der Waals surface area contributed by atoms with Gasteiger partial charge in [0, 0.05) is 12.7 Å². The number of pyridine rings is 1. The van der Waals surface area contributed by atoms with Crippen LogP contribution in [-0.4, -0.2) is 33.2 Å². The fourth-order valence-corrected chi connectivity index (χ4v) is 3.74. The summed E-state index contributed by atoms with van der Waals surface area (Å²) in [4.78, 5) is 4.70. The molecule has 1 aromatic carbocycles. The normalized spacial score (nSPS) is 15.3. The molecule has 1 fully saturated rings. The van der Waals surface area contributed by atoms with Gasteiger partial charge in [-0.1, -0.05) is 24.6 Å². The second kappa shape index (κ2) is 10.1. The number of nitrogens with one attached hydrogen (secondary N) is 2. The topological polar surface area (TPSA) is 75.8 Å². The third kappa shape index (κ3) is 5.28. The summed E-state index contributed by atoms with van der Waals surface area (Å²) in [6.45, 7) is 3.99. The van der Waals surface area contributed by atoms with Crippen LogP contribution in [0.5, 0.6) is 5.75 Å². The molecule has 2 heterocycles. The molecule has 30 heavy (non-hydrogen) atoms. The lowest BCUT2D eigenvalue weighted by Crippen LogP contribution is -2.37. The first-order chi connectivity index (χ1) is 14.8. The highest BCUT2D eigenvalue weighted by molar-refractivity contribution is 5.79. The number of ether oxygens (including phenoxy) is 1. The van der Waals surface area contributed by atoms with Crippen LogP contribution in [0.1, 0.15) is 50.4 Å². The van der Waals surface area contributed by atoms with E-state index in [2.05, 4.69) is 52.0 Å². The van der Waals surface area contributed by atoms with Crippen molar-refractivity contribution in [2.45, 2.75) is 58.2 Å². The molecule has 7 heteroatoms. The highest BCUT2D eigenvalue weighted by Crippen LogP contribution is 2.23. The van der Waals surface area contributed by atoms with E-state index in [-0.39, 0.29) is 0 Å². The van der Waals surface area contributed by atoms with Crippen molar-refractivity contribution in [3.05, 3.63) is 60.0 Å². The number of hydrogen-bond donors (Lipinski definition) is 2. The number of rotatable bonds is 7. The molecule has 1 saturated carbocycles. The van der Waals surface area contributed by atoms with Crippen molar-refractivity contribution in [2.75, 3.05) is 6.54 Å². The van der Waals surface area contributed by atoms with Crippen molar-refractivity contribution in [2.24, 2.45) is 4.99 Å². The first-order valence-corrected chi connectivity index (χ1v) is 10.9. The predicted molar refractivity (Wildman–Crippen MR) is 119 cm³/mol. The van der Waals surface area contributed by atoms with Gasteiger partial charge < -0.3 is 15.4 Å². The largest absolute Gasteiger partial charge is 0.490 e. The van der Waals surface area contributed by atoms with Crippen LogP contribution in [0.2, 0.25) is 0 Å². The van der Waals surface area contributed by atoms with Gasteiger partial charge in [-0.3, -0.25) is 4.40 Å². The van der Waals surface area contributed by atoms with Gasteiger partial charge in [0.1, 0.15) is 5.75 Å². The van der Waals surface area contributed by atoms with Crippen molar-refractivity contribution < 1.29 is 4.74 Å². The molecule has 3 aromatic rings. The highest BCUT2D eigenvalue weighted by Gasteiger charge is 2.14. The summed E-state index contributed by atoms with van der Waals surface area (Å²) in [5, 5.41) is 15.1. The van der Waals surface area contributed by atoms with Crippen LogP contribution in [0, 0.1) is 0 Å². The molecule has 4 rings (SSSR count). The van der Waals surface area contributed by atoms with Crippen molar-refractivity contribution >= 4 is 11.6 Å². The molecule has 1 aliphatic carbocycles. The minimum absolute atomic E-state index is 0.375. The molecule has 0 unspecified atom stereocenters. The monoisotopic (exact) mass is 406 g/mol. The Bertz CT molecular complexity index is 959. The van der Waals surface area contributed by atoms with Gasteiger partial charge in [0.05, 0.1) is 19.2 Å². The van der Waals surface area contributed by atoms with E-state index in [1.54, 1.807) is 0 Å². The molecule has 2 N–H and O–H groups in total. The Morgan fingerprint density at radius 3 is 2.70 bits per heavy atom. The molecule has 2 aromatic heterocycles. The molecule has 0 bridgehead atoms. The lowest BCUT2D eigenvalue weighted by atomic mass is 9.98. The molecule has 0 aliphatic heterocycles. The first-order valence-electron chi connectivity index (χ1n) is 10.9. The maximum Gasteiger partial charge on any atom is 0.191 e. The molecule has 158 valence electrons. The van der Waals surface area contributed by atoms with Crippen molar-refractivity contribution in [3.63, 3.8) is 0 Å². The van der Waals surface area contributed by atoms with Crippen LogP contribution in [0.15, 0.2) is 53.7 Å². The average Bonchev–Trinajstić information content (AvgIpc) is 3.20. The second-order valence-electron chi connectivity index (χ2n) is 7.62. The second-order valence-corrected chi connectivity index (χ2v) is 7.62. The predicted octanol–water partition coefficient (Wildman–Crippen LogP) is 3.70. The van der Waals surface area contributed by atoms with Gasteiger partial charge in [0.15, 0.2) is 17.4 Å². The van der Waals surface area contributed by atoms with Gasteiger partial charge in [0.2, 0.25) is 0 Å². The Balaban J connectivity index is 1.34. The third-order valence-corrected chi connectivity index (χ3v) is 5.34. The van der Waals surface area contributed by atoms with E-state index < -0.39 is 0 Å². The fourth-order valence-electron chi connectivity index (χ4n) is 3.74. The molecule has 0 spiro atoms. The van der Waals surface area contributed by atoms with Crippen LogP contribution in [0.25, 0.3) is 5.65 Å². The summed E-state index contributed by atoms with van der Waals surface area (Å²) in [5.41, 5.74) is 1.99. The van der Waals surface area contributed by atoms with Crippen molar-refractivity contribution in [1.29, 1.82) is 0 Å². The SMILES string of the molecule is CCNC(=NCc1ccc(OC2CCCCC2)cc1)NCc1nnc2ccccn12. The van der Waals surface area contributed by atoms with Crippen LogP contribution in [-0.2, 0) is 13.1 Å². The maximum atomic E-state index is 6.11. The summed E-state index contributed by atoms with van der Waals surface area (Å²) in [6, 6.07) is 14.2. The Labute approximate surface area is 177 Å². The zero-order valence-electron chi connectivity index (χ0n) is 17.6. The zero-order valence-corrected chi connectivity index (χ0v) is 17.6. The smallest absolute Gasteiger partial charge is 0.191 e. The lowest BCUT2D eigenvalue weighted by Gasteiger charge is -2.23. The molecule has 0 amide bonds. The number of fused-ring (bicyclic) bond motifs is 1. The molecule has 7 nitrogen and oxygen atoms in total. The quantitative estimate of drug-likeness (QED) is 0.462. The number of benzene rings is 1. The Kier molecular flexibility index (Phi) is 6.79. The lowest BCUT2D eigenvalue weighted by molar-refractivity contribution is 0.155. The minimum Gasteiger partial charge on any atom is -0.490 e. The van der Waals surface area contributed by atoms with Crippen molar-refractivity contribution in [3.8, 4) is 5.75 Å². The summed E-state index contributed by atoms with van der Waals surface area (Å²) < 4.78 is 8.09. The summed E-state index contributed by atoms with van der Waals surface area (Å²) in [5.74, 6) is 2.56. The number of nitrogens with zero attached hydrogens (tertiary/aromatic N) is 4. The highest BCUT2D eigenvalue weighted by atomic mass is 16.5. The van der Waals surface area contributed by atoms with Gasteiger partial charge in [0.25, 0.3) is 0 Å². The standard InChI is InChI=1S/C23H30N6O/c1-2-24-23(26-17-22-28-27-21-10-6-7-15-29(21)22)25-16-18-11-13-20(14-12-18)30-19-8-4-3-5-9-19/h6-7,10-15,19H,2-5,8-9,16-17H2,1H3,(H2,24,25,26). The van der Waals surface area contributed by atoms with E-state index >= 15 is 0 Å². The number of guanidine groups is 1. The summed E-state index contributed by atoms with van der Waals surface area (Å²) in [6.07, 6.45) is 8.58. The number of aromatic nitrogens is 3. The van der Waals surface area contributed by atoms with E-state index in [0.29, 0.717) is 19.2 Å². The van der Waals surface area contributed by atoms with E-state index in [4.69, 9.17) is 9.73 Å². The Morgan fingerprint density at radius 2 is 1.90 bits per heavy atom. The molecule has 1 aliphatic rings. The van der Waals surface area contributed by atoms with Gasteiger partial charge in [-0.15, -0.1) is 10.2 Å². The van der Waals surface area contributed by atoms with Crippen LogP contribution in [0.4, 0.5) is 0 Å². The van der Waals surface area contributed by atoms with Crippen LogP contribution < -0.4 is 15.4 Å². The average molecular weight is 407 g/mol. The molecule has 0 saturated heterocycles. The fraction of sp³-hybridized carbons (Fsp3) is 0.435. The summed E-state index contributed by atoms with van der Waals surface area (Å²) >= 11 is 0. The maximum absolute atomic E-state index is 6.11. The van der Waals surface area contributed by atoms with E-state index in [9.17, 15) is 0 Å². The van der Waals surface area contributed by atoms with Gasteiger partial charge in [-0.25, -0.2) is 4.99 Å². The number of hydrogen-bond acceptors (Lipinski definition) is 4. The van der Waals surface area contributed by atoms with Gasteiger partial charge in [-0.05, 0) is 62.4 Å². The summed E-state index contributed by atoms with van der Waals surface area (Å²) in [7, 11) is 0. The van der Waals surface area contributed by atoms with Crippen LogP contribution >= 0.6 is 0 Å². The Morgan fingerprint density at radius 1 is 1.07 bits per heavy atom. The Hall–Kier alpha value is -3.09. The van der Waals surface area contributed by atoms with E-state index in [1.165, 1.54) is 32.1 Å². The van der Waals surface area contributed by atoms with E-state index in [0.717, 1.165) is 35.3 Å². The third-order valence-electron chi connectivity index (χ3n) is 5.34. The number of aliphatic imine (C=N–C) groups is 1.